The zero-order chi connectivity index (χ0) is 16.1. The molecule has 0 heterocycles. The largest absolute Gasteiger partial charge is 0.444 e. The van der Waals surface area contributed by atoms with E-state index in [-0.39, 0.29) is 23.0 Å². The van der Waals surface area contributed by atoms with Gasteiger partial charge in [0.25, 0.3) is 5.69 Å². The summed E-state index contributed by atoms with van der Waals surface area (Å²) in [4.78, 5) is 21.8. The van der Waals surface area contributed by atoms with E-state index in [0.717, 1.165) is 11.1 Å². The molecular weight excluding hydrogens is 308 g/mol. The second kappa shape index (κ2) is 6.91. The van der Waals surface area contributed by atoms with Crippen LogP contribution in [0.4, 0.5) is 16.2 Å². The summed E-state index contributed by atoms with van der Waals surface area (Å²) in [7, 11) is 0. The van der Waals surface area contributed by atoms with Crippen LogP contribution in [0.3, 0.4) is 0 Å². The van der Waals surface area contributed by atoms with Crippen LogP contribution < -0.4 is 5.32 Å². The van der Waals surface area contributed by atoms with E-state index in [0.29, 0.717) is 0 Å². The monoisotopic (exact) mass is 320 g/mol. The molecular formula is C15H13ClN2O4. The molecule has 0 aliphatic carbocycles. The first kappa shape index (κ1) is 15.8. The summed E-state index contributed by atoms with van der Waals surface area (Å²) in [5, 5.41) is 13.2. The molecule has 2 aromatic carbocycles. The van der Waals surface area contributed by atoms with Gasteiger partial charge in [0.05, 0.1) is 10.6 Å². The summed E-state index contributed by atoms with van der Waals surface area (Å²) < 4.78 is 5.05. The molecule has 114 valence electrons. The Hall–Kier alpha value is -2.60. The Morgan fingerprint density at radius 2 is 1.95 bits per heavy atom. The Labute approximate surface area is 131 Å². The van der Waals surface area contributed by atoms with Crippen molar-refractivity contribution in [1.82, 2.24) is 0 Å². The van der Waals surface area contributed by atoms with Gasteiger partial charge in [0.15, 0.2) is 0 Å². The normalized spacial score (nSPS) is 10.1. The zero-order valence-electron chi connectivity index (χ0n) is 11.7. The zero-order valence-corrected chi connectivity index (χ0v) is 12.5. The highest BCUT2D eigenvalue weighted by Crippen LogP contribution is 2.27. The average molecular weight is 321 g/mol. The molecule has 0 unspecified atom stereocenters. The van der Waals surface area contributed by atoms with Crippen molar-refractivity contribution < 1.29 is 14.5 Å². The molecule has 0 atom stereocenters. The van der Waals surface area contributed by atoms with Gasteiger partial charge in [0.2, 0.25) is 0 Å². The summed E-state index contributed by atoms with van der Waals surface area (Å²) in [5.74, 6) is 0. The number of aryl methyl sites for hydroxylation is 1. The molecule has 0 aliphatic rings. The van der Waals surface area contributed by atoms with Crippen LogP contribution in [0, 0.1) is 17.0 Å². The quantitative estimate of drug-likeness (QED) is 0.672. The molecule has 1 N–H and O–H groups in total. The minimum Gasteiger partial charge on any atom is -0.444 e. The first-order chi connectivity index (χ1) is 10.5. The molecule has 6 nitrogen and oxygen atoms in total. The first-order valence-electron chi connectivity index (χ1n) is 6.39. The fourth-order valence-corrected chi connectivity index (χ4v) is 1.90. The molecule has 0 fully saturated rings. The summed E-state index contributed by atoms with van der Waals surface area (Å²) >= 11 is 5.70. The number of hydrogen-bond acceptors (Lipinski definition) is 4. The second-order valence-corrected chi connectivity index (χ2v) is 5.02. The van der Waals surface area contributed by atoms with Gasteiger partial charge in [-0.3, -0.25) is 15.4 Å². The molecule has 0 spiro atoms. The number of carbonyl (C=O) groups excluding carboxylic acids is 1. The van der Waals surface area contributed by atoms with Gasteiger partial charge >= 0.3 is 6.09 Å². The third-order valence-electron chi connectivity index (χ3n) is 2.88. The topological polar surface area (TPSA) is 81.5 Å². The van der Waals surface area contributed by atoms with Crippen molar-refractivity contribution in [3.8, 4) is 0 Å². The molecule has 0 bridgehead atoms. The van der Waals surface area contributed by atoms with Crippen LogP contribution in [-0.2, 0) is 11.3 Å². The van der Waals surface area contributed by atoms with Gasteiger partial charge in [-0.25, -0.2) is 4.79 Å². The fraction of sp³-hybridized carbons (Fsp3) is 0.133. The lowest BCUT2D eigenvalue weighted by molar-refractivity contribution is -0.384. The fourth-order valence-electron chi connectivity index (χ4n) is 1.72. The van der Waals surface area contributed by atoms with Crippen LogP contribution in [0.2, 0.25) is 5.02 Å². The number of amides is 1. The number of nitro groups is 1. The van der Waals surface area contributed by atoms with Crippen molar-refractivity contribution in [2.45, 2.75) is 13.5 Å². The highest BCUT2D eigenvalue weighted by Gasteiger charge is 2.14. The second-order valence-electron chi connectivity index (χ2n) is 4.61. The minimum absolute atomic E-state index is 0.00331. The van der Waals surface area contributed by atoms with Gasteiger partial charge in [-0.2, -0.15) is 0 Å². The third kappa shape index (κ3) is 4.20. The van der Waals surface area contributed by atoms with Crippen molar-refractivity contribution in [3.05, 3.63) is 68.7 Å². The number of nitrogens with one attached hydrogen (secondary N) is 1. The number of anilines is 1. The minimum atomic E-state index is -0.697. The van der Waals surface area contributed by atoms with E-state index in [1.165, 1.54) is 18.2 Å². The molecule has 22 heavy (non-hydrogen) atoms. The van der Waals surface area contributed by atoms with Crippen LogP contribution in [0.15, 0.2) is 42.5 Å². The maximum absolute atomic E-state index is 11.7. The van der Waals surface area contributed by atoms with Crippen LogP contribution in [-0.4, -0.2) is 11.0 Å². The number of benzene rings is 2. The van der Waals surface area contributed by atoms with E-state index in [9.17, 15) is 14.9 Å². The first-order valence-corrected chi connectivity index (χ1v) is 6.77. The van der Waals surface area contributed by atoms with E-state index < -0.39 is 11.0 Å². The Morgan fingerprint density at radius 3 is 2.59 bits per heavy atom. The van der Waals surface area contributed by atoms with Gasteiger partial charge in [-0.05, 0) is 24.6 Å². The Morgan fingerprint density at radius 1 is 1.27 bits per heavy atom. The molecule has 1 amide bonds. The average Bonchev–Trinajstić information content (AvgIpc) is 2.48. The van der Waals surface area contributed by atoms with E-state index in [2.05, 4.69) is 5.32 Å². The van der Waals surface area contributed by atoms with E-state index in [4.69, 9.17) is 16.3 Å². The Balaban J connectivity index is 1.96. The van der Waals surface area contributed by atoms with E-state index in [1.807, 2.05) is 31.2 Å². The van der Waals surface area contributed by atoms with Crippen molar-refractivity contribution in [2.24, 2.45) is 0 Å². The summed E-state index contributed by atoms with van der Waals surface area (Å²) in [5.41, 5.74) is 1.92. The SMILES string of the molecule is Cc1ccc(COC(=O)Nc2ccc(Cl)c([N+](=O)[O-])c2)cc1. The molecule has 0 aromatic heterocycles. The lowest BCUT2D eigenvalue weighted by atomic mass is 10.2. The van der Waals surface area contributed by atoms with Gasteiger partial charge in [0, 0.05) is 6.07 Å². The molecule has 0 saturated carbocycles. The van der Waals surface area contributed by atoms with Crippen LogP contribution in [0.5, 0.6) is 0 Å². The maximum Gasteiger partial charge on any atom is 0.411 e. The number of hydrogen-bond donors (Lipinski definition) is 1. The van der Waals surface area contributed by atoms with Crippen LogP contribution in [0.25, 0.3) is 0 Å². The third-order valence-corrected chi connectivity index (χ3v) is 3.20. The van der Waals surface area contributed by atoms with Crippen LogP contribution >= 0.6 is 11.6 Å². The molecule has 0 saturated heterocycles. The van der Waals surface area contributed by atoms with Crippen molar-refractivity contribution in [1.29, 1.82) is 0 Å². The molecule has 0 radical (unpaired) electrons. The van der Waals surface area contributed by atoms with E-state index in [1.54, 1.807) is 0 Å². The lowest BCUT2D eigenvalue weighted by Crippen LogP contribution is -2.13. The summed E-state index contributed by atoms with van der Waals surface area (Å²) in [6, 6.07) is 11.5. The maximum atomic E-state index is 11.7. The van der Waals surface area contributed by atoms with Gasteiger partial charge < -0.3 is 4.74 Å². The highest BCUT2D eigenvalue weighted by molar-refractivity contribution is 6.32. The Bertz CT molecular complexity index is 701. The number of ether oxygens (including phenoxy) is 1. The smallest absolute Gasteiger partial charge is 0.411 e. The Kier molecular flexibility index (Phi) is 4.95. The predicted molar refractivity (Wildman–Crippen MR) is 83.1 cm³/mol. The summed E-state index contributed by atoms with van der Waals surface area (Å²) in [6.07, 6.45) is -0.697. The number of carbonyl (C=O) groups is 1. The van der Waals surface area contributed by atoms with Gasteiger partial charge in [-0.1, -0.05) is 41.4 Å². The van der Waals surface area contributed by atoms with E-state index >= 15 is 0 Å². The van der Waals surface area contributed by atoms with Crippen LogP contribution in [0.1, 0.15) is 11.1 Å². The number of nitrogens with zero attached hydrogens (tertiary/aromatic N) is 1. The molecule has 0 aliphatic heterocycles. The molecule has 2 aromatic rings. The van der Waals surface area contributed by atoms with Crippen molar-refractivity contribution in [3.63, 3.8) is 0 Å². The molecule has 2 rings (SSSR count). The standard InChI is InChI=1S/C15H13ClN2O4/c1-10-2-4-11(5-3-10)9-22-15(19)17-12-6-7-13(16)14(8-12)18(20)21/h2-8H,9H2,1H3,(H,17,19). The van der Waals surface area contributed by atoms with Crippen molar-refractivity contribution in [2.75, 3.05) is 5.32 Å². The molecule has 7 heteroatoms. The number of rotatable bonds is 4. The number of nitro benzene ring substituents is 1. The predicted octanol–water partition coefficient (Wildman–Crippen LogP) is 4.31. The van der Waals surface area contributed by atoms with Gasteiger partial charge in [0.1, 0.15) is 11.6 Å². The number of halogens is 1. The summed E-state index contributed by atoms with van der Waals surface area (Å²) in [6.45, 7) is 2.08. The van der Waals surface area contributed by atoms with Gasteiger partial charge in [-0.15, -0.1) is 0 Å². The lowest BCUT2D eigenvalue weighted by Gasteiger charge is -2.07. The van der Waals surface area contributed by atoms with Crippen molar-refractivity contribution >= 4 is 29.1 Å². The highest BCUT2D eigenvalue weighted by atomic mass is 35.5.